The fourth-order valence-electron chi connectivity index (χ4n) is 3.23. The van der Waals surface area contributed by atoms with Gasteiger partial charge in [-0.1, -0.05) is 48.8 Å². The molecule has 0 atom stereocenters. The summed E-state index contributed by atoms with van der Waals surface area (Å²) in [5.74, 6) is 1.01. The van der Waals surface area contributed by atoms with Crippen molar-refractivity contribution in [1.82, 2.24) is 19.7 Å². The fourth-order valence-corrected chi connectivity index (χ4v) is 3.23. The molecule has 7 heteroatoms. The van der Waals surface area contributed by atoms with E-state index in [0.29, 0.717) is 34.9 Å². The van der Waals surface area contributed by atoms with E-state index in [2.05, 4.69) is 15.1 Å². The molecule has 0 aliphatic heterocycles. The summed E-state index contributed by atoms with van der Waals surface area (Å²) >= 11 is 0. The van der Waals surface area contributed by atoms with E-state index in [0.717, 1.165) is 5.56 Å². The third-order valence-corrected chi connectivity index (χ3v) is 4.72. The van der Waals surface area contributed by atoms with Crippen LogP contribution in [0.1, 0.15) is 30.9 Å². The summed E-state index contributed by atoms with van der Waals surface area (Å²) in [5, 5.41) is 4.03. The number of aromatic nitrogens is 4. The Labute approximate surface area is 172 Å². The number of aryl methyl sites for hydroxylation is 1. The second-order valence-corrected chi connectivity index (χ2v) is 7.70. The molecule has 0 saturated heterocycles. The number of rotatable bonds is 5. The standard InChI is InChI=1S/C23H22N4O3/c1-14(2)13-27-19-10-9-17(12-18(19)24-22(28)23(27)29)21-25-20(30-26-21)11-8-16-6-4-15(3)5-7-16/h4-12,14H,13H2,1-3H3,(H,24,28)/b11-8+. The summed E-state index contributed by atoms with van der Waals surface area (Å²) in [6.07, 6.45) is 3.66. The van der Waals surface area contributed by atoms with Crippen LogP contribution >= 0.6 is 0 Å². The monoisotopic (exact) mass is 402 g/mol. The largest absolute Gasteiger partial charge is 0.334 e. The highest BCUT2D eigenvalue weighted by molar-refractivity contribution is 5.80. The van der Waals surface area contributed by atoms with Crippen LogP contribution in [0.25, 0.3) is 34.6 Å². The molecule has 152 valence electrons. The normalized spacial score (nSPS) is 11.7. The lowest BCUT2D eigenvalue weighted by molar-refractivity contribution is 0.411. The molecule has 30 heavy (non-hydrogen) atoms. The van der Waals surface area contributed by atoms with Gasteiger partial charge in [0.15, 0.2) is 0 Å². The molecule has 0 unspecified atom stereocenters. The van der Waals surface area contributed by atoms with Crippen molar-refractivity contribution in [2.75, 3.05) is 0 Å². The SMILES string of the molecule is Cc1ccc(/C=C/c2nc(-c3ccc4c(c3)[nH]c(=O)c(=O)n4CC(C)C)no2)cc1. The van der Waals surface area contributed by atoms with Crippen LogP contribution in [0.2, 0.25) is 0 Å². The first kappa shape index (κ1) is 19.6. The fraction of sp³-hybridized carbons (Fsp3) is 0.217. The molecule has 0 spiro atoms. The predicted molar refractivity (Wildman–Crippen MR) is 117 cm³/mol. The number of H-pyrrole nitrogens is 1. The van der Waals surface area contributed by atoms with E-state index in [-0.39, 0.29) is 5.92 Å². The Hall–Kier alpha value is -3.74. The van der Waals surface area contributed by atoms with Gasteiger partial charge in [-0.3, -0.25) is 9.59 Å². The van der Waals surface area contributed by atoms with Crippen LogP contribution in [-0.2, 0) is 6.54 Å². The molecule has 0 fully saturated rings. The van der Waals surface area contributed by atoms with Gasteiger partial charge in [-0.25, -0.2) is 0 Å². The Balaban J connectivity index is 1.67. The highest BCUT2D eigenvalue weighted by atomic mass is 16.5. The van der Waals surface area contributed by atoms with E-state index in [1.807, 2.05) is 57.2 Å². The van der Waals surface area contributed by atoms with Gasteiger partial charge >= 0.3 is 11.1 Å². The summed E-state index contributed by atoms with van der Waals surface area (Å²) in [4.78, 5) is 31.4. The minimum Gasteiger partial charge on any atom is -0.334 e. The molecule has 4 aromatic rings. The van der Waals surface area contributed by atoms with Gasteiger partial charge < -0.3 is 14.1 Å². The van der Waals surface area contributed by atoms with Crippen molar-refractivity contribution in [2.45, 2.75) is 27.3 Å². The average Bonchev–Trinajstić information content (AvgIpc) is 3.19. The summed E-state index contributed by atoms with van der Waals surface area (Å²) < 4.78 is 6.83. The summed E-state index contributed by atoms with van der Waals surface area (Å²) in [5.41, 5.74) is 2.94. The molecule has 0 aliphatic rings. The third-order valence-electron chi connectivity index (χ3n) is 4.72. The maximum absolute atomic E-state index is 12.3. The molecule has 1 N–H and O–H groups in total. The van der Waals surface area contributed by atoms with Crippen molar-refractivity contribution in [3.8, 4) is 11.4 Å². The lowest BCUT2D eigenvalue weighted by Crippen LogP contribution is -2.37. The summed E-state index contributed by atoms with van der Waals surface area (Å²) in [6.45, 7) is 6.50. The van der Waals surface area contributed by atoms with Gasteiger partial charge in [-0.05, 0) is 42.7 Å². The van der Waals surface area contributed by atoms with Crippen LogP contribution < -0.4 is 11.1 Å². The van der Waals surface area contributed by atoms with Crippen molar-refractivity contribution in [3.05, 3.63) is 80.2 Å². The highest BCUT2D eigenvalue weighted by Crippen LogP contribution is 2.21. The molecule has 0 bridgehead atoms. The van der Waals surface area contributed by atoms with Crippen molar-refractivity contribution < 1.29 is 4.52 Å². The number of benzene rings is 2. The van der Waals surface area contributed by atoms with Crippen molar-refractivity contribution in [2.24, 2.45) is 5.92 Å². The Morgan fingerprint density at radius 3 is 2.60 bits per heavy atom. The number of fused-ring (bicyclic) bond motifs is 1. The van der Waals surface area contributed by atoms with E-state index in [9.17, 15) is 9.59 Å². The van der Waals surface area contributed by atoms with Gasteiger partial charge in [0, 0.05) is 18.2 Å². The van der Waals surface area contributed by atoms with Gasteiger partial charge in [0.2, 0.25) is 5.82 Å². The maximum Gasteiger partial charge on any atom is 0.316 e. The Bertz CT molecular complexity index is 1340. The molecule has 0 radical (unpaired) electrons. The molecule has 0 saturated carbocycles. The zero-order valence-corrected chi connectivity index (χ0v) is 17.0. The molecular formula is C23H22N4O3. The molecule has 2 heterocycles. The minimum atomic E-state index is -0.643. The number of hydrogen-bond acceptors (Lipinski definition) is 5. The van der Waals surface area contributed by atoms with E-state index in [4.69, 9.17) is 4.52 Å². The van der Waals surface area contributed by atoms with E-state index >= 15 is 0 Å². The van der Waals surface area contributed by atoms with Crippen LogP contribution in [0.5, 0.6) is 0 Å². The van der Waals surface area contributed by atoms with Crippen molar-refractivity contribution in [1.29, 1.82) is 0 Å². The lowest BCUT2D eigenvalue weighted by Gasteiger charge is -2.12. The third kappa shape index (κ3) is 4.00. The van der Waals surface area contributed by atoms with Crippen molar-refractivity contribution in [3.63, 3.8) is 0 Å². The number of hydrogen-bond donors (Lipinski definition) is 1. The number of aromatic amines is 1. The van der Waals surface area contributed by atoms with Gasteiger partial charge in [-0.15, -0.1) is 0 Å². The zero-order chi connectivity index (χ0) is 21.3. The topological polar surface area (TPSA) is 93.8 Å². The smallest absolute Gasteiger partial charge is 0.316 e. The lowest BCUT2D eigenvalue weighted by atomic mass is 10.1. The summed E-state index contributed by atoms with van der Waals surface area (Å²) in [7, 11) is 0. The Morgan fingerprint density at radius 1 is 1.10 bits per heavy atom. The Kier molecular flexibility index (Phi) is 5.18. The molecule has 7 nitrogen and oxygen atoms in total. The first-order valence-corrected chi connectivity index (χ1v) is 9.76. The molecule has 2 aromatic carbocycles. The van der Waals surface area contributed by atoms with Crippen molar-refractivity contribution >= 4 is 23.2 Å². The first-order chi connectivity index (χ1) is 14.4. The quantitative estimate of drug-likeness (QED) is 0.512. The van der Waals surface area contributed by atoms with Crippen LogP contribution in [0.4, 0.5) is 0 Å². The highest BCUT2D eigenvalue weighted by Gasteiger charge is 2.12. The second-order valence-electron chi connectivity index (χ2n) is 7.70. The van der Waals surface area contributed by atoms with Crippen LogP contribution in [0, 0.1) is 12.8 Å². The van der Waals surface area contributed by atoms with Crippen LogP contribution in [0.15, 0.2) is 56.6 Å². The summed E-state index contributed by atoms with van der Waals surface area (Å²) in [6, 6.07) is 13.5. The van der Waals surface area contributed by atoms with Crippen LogP contribution in [0.3, 0.4) is 0 Å². The number of nitrogens with zero attached hydrogens (tertiary/aromatic N) is 3. The molecular weight excluding hydrogens is 380 g/mol. The molecule has 4 rings (SSSR count). The van der Waals surface area contributed by atoms with Gasteiger partial charge in [-0.2, -0.15) is 4.98 Å². The van der Waals surface area contributed by atoms with Gasteiger partial charge in [0.25, 0.3) is 5.89 Å². The Morgan fingerprint density at radius 2 is 1.87 bits per heavy atom. The van der Waals surface area contributed by atoms with E-state index < -0.39 is 11.1 Å². The average molecular weight is 402 g/mol. The zero-order valence-electron chi connectivity index (χ0n) is 17.0. The predicted octanol–water partition coefficient (Wildman–Crippen LogP) is 3.87. The first-order valence-electron chi connectivity index (χ1n) is 9.76. The second kappa shape index (κ2) is 7.94. The van der Waals surface area contributed by atoms with E-state index in [1.165, 1.54) is 10.1 Å². The van der Waals surface area contributed by atoms with Gasteiger partial charge in [0.1, 0.15) is 0 Å². The molecule has 0 amide bonds. The number of nitrogens with one attached hydrogen (secondary N) is 1. The van der Waals surface area contributed by atoms with Gasteiger partial charge in [0.05, 0.1) is 11.0 Å². The molecule has 0 aliphatic carbocycles. The minimum absolute atomic E-state index is 0.229. The molecule has 2 aromatic heterocycles. The van der Waals surface area contributed by atoms with Crippen LogP contribution in [-0.4, -0.2) is 19.7 Å². The van der Waals surface area contributed by atoms with E-state index in [1.54, 1.807) is 18.2 Å². The maximum atomic E-state index is 12.3.